The van der Waals surface area contributed by atoms with Crippen LogP contribution in [0.4, 0.5) is 0 Å². The molecule has 23 heavy (non-hydrogen) atoms. The summed E-state index contributed by atoms with van der Waals surface area (Å²) in [7, 11) is 0. The van der Waals surface area contributed by atoms with Crippen LogP contribution in [0.2, 0.25) is 0 Å². The lowest BCUT2D eigenvalue weighted by Crippen LogP contribution is -2.48. The van der Waals surface area contributed by atoms with Gasteiger partial charge in [-0.25, -0.2) is 0 Å². The fourth-order valence-corrected chi connectivity index (χ4v) is 6.93. The number of hydrogen-bond acceptors (Lipinski definition) is 1. The number of allylic oxidation sites excluding steroid dienone is 4. The zero-order chi connectivity index (χ0) is 16.2. The molecule has 0 amide bonds. The van der Waals surface area contributed by atoms with Crippen molar-refractivity contribution in [2.24, 2.45) is 34.5 Å². The van der Waals surface area contributed by atoms with Crippen molar-refractivity contribution in [3.8, 4) is 0 Å². The molecule has 0 bridgehead atoms. The van der Waals surface area contributed by atoms with Crippen LogP contribution in [0.3, 0.4) is 0 Å². The van der Waals surface area contributed by atoms with E-state index in [2.05, 4.69) is 32.9 Å². The van der Waals surface area contributed by atoms with Gasteiger partial charge in [0.05, 0.1) is 0 Å². The highest BCUT2D eigenvalue weighted by Gasteiger charge is 2.57. The quantitative estimate of drug-likeness (QED) is 0.638. The summed E-state index contributed by atoms with van der Waals surface area (Å²) in [5.74, 6) is 3.69. The zero-order valence-corrected chi connectivity index (χ0v) is 15.1. The maximum absolute atomic E-state index is 11.9. The molecule has 0 aromatic heterocycles. The van der Waals surface area contributed by atoms with Crippen molar-refractivity contribution in [1.29, 1.82) is 0 Å². The number of carbonyl (C=O) groups excluding carboxylic acids is 1. The molecule has 0 N–H and O–H groups in total. The fourth-order valence-electron chi connectivity index (χ4n) is 6.93. The molecule has 6 atom stereocenters. The van der Waals surface area contributed by atoms with E-state index in [-0.39, 0.29) is 5.41 Å². The molecule has 0 unspecified atom stereocenters. The summed E-state index contributed by atoms with van der Waals surface area (Å²) in [6, 6.07) is 0. The van der Waals surface area contributed by atoms with E-state index in [9.17, 15) is 4.79 Å². The highest BCUT2D eigenvalue weighted by atomic mass is 16.1. The number of fused-ring (bicyclic) bond motifs is 5. The Kier molecular flexibility index (Phi) is 3.63. The van der Waals surface area contributed by atoms with Crippen LogP contribution in [0.25, 0.3) is 0 Å². The van der Waals surface area contributed by atoms with Gasteiger partial charge in [-0.3, -0.25) is 4.79 Å². The van der Waals surface area contributed by atoms with Crippen LogP contribution < -0.4 is 0 Å². The van der Waals surface area contributed by atoms with Crippen LogP contribution in [0, 0.1) is 34.5 Å². The first-order valence-electron chi connectivity index (χ1n) is 9.92. The predicted molar refractivity (Wildman–Crippen MR) is 95.0 cm³/mol. The summed E-state index contributed by atoms with van der Waals surface area (Å²) in [5, 5.41) is 0. The largest absolute Gasteiger partial charge is 0.295 e. The van der Waals surface area contributed by atoms with Crippen LogP contribution >= 0.6 is 0 Å². The molecule has 0 spiro atoms. The third-order valence-corrected chi connectivity index (χ3v) is 8.35. The SMILES string of the molecule is CCC[C@H]1CC[C@H]2[C@@H]3C=CC4=CC(=O)CC[C@]4(C)[C@H]3CC[C@]12C. The van der Waals surface area contributed by atoms with Crippen LogP contribution in [0.5, 0.6) is 0 Å². The zero-order valence-electron chi connectivity index (χ0n) is 15.1. The lowest BCUT2D eigenvalue weighted by atomic mass is 9.48. The van der Waals surface area contributed by atoms with E-state index < -0.39 is 0 Å². The molecule has 4 rings (SSSR count). The van der Waals surface area contributed by atoms with E-state index in [1.807, 2.05) is 6.08 Å². The van der Waals surface area contributed by atoms with Crippen LogP contribution in [0.1, 0.15) is 72.1 Å². The van der Waals surface area contributed by atoms with Crippen molar-refractivity contribution in [3.63, 3.8) is 0 Å². The summed E-state index contributed by atoms with van der Waals surface area (Å²) >= 11 is 0. The van der Waals surface area contributed by atoms with Crippen molar-refractivity contribution in [2.75, 3.05) is 0 Å². The molecule has 2 saturated carbocycles. The smallest absolute Gasteiger partial charge is 0.156 e. The number of ketones is 1. The molecule has 2 fully saturated rings. The Morgan fingerprint density at radius 2 is 1.96 bits per heavy atom. The number of hydrogen-bond donors (Lipinski definition) is 0. The molecule has 0 aromatic rings. The van der Waals surface area contributed by atoms with Gasteiger partial charge in [-0.15, -0.1) is 0 Å². The second-order valence-corrected chi connectivity index (χ2v) is 9.24. The predicted octanol–water partition coefficient (Wildman–Crippen LogP) is 5.71. The minimum absolute atomic E-state index is 0.261. The standard InChI is InChI=1S/C22H32O/c1-4-5-15-7-9-19-18-8-6-16-14-17(23)10-12-22(16,3)20(18)11-13-21(15,19)2/h6,8,14-15,18-20H,4-5,7,9-13H2,1-3H3/t15-,18-,19-,20-,21+,22-/m0/s1. The number of rotatable bonds is 2. The van der Waals surface area contributed by atoms with Crippen LogP contribution in [0.15, 0.2) is 23.8 Å². The maximum atomic E-state index is 11.9. The fraction of sp³-hybridized carbons (Fsp3) is 0.773. The Morgan fingerprint density at radius 3 is 2.74 bits per heavy atom. The molecule has 1 heteroatoms. The van der Waals surface area contributed by atoms with E-state index in [1.165, 1.54) is 44.1 Å². The molecule has 126 valence electrons. The highest BCUT2D eigenvalue weighted by Crippen LogP contribution is 2.65. The Morgan fingerprint density at radius 1 is 1.13 bits per heavy atom. The van der Waals surface area contributed by atoms with E-state index in [0.29, 0.717) is 11.2 Å². The van der Waals surface area contributed by atoms with Gasteiger partial charge in [-0.2, -0.15) is 0 Å². The molecule has 0 aromatic carbocycles. The highest BCUT2D eigenvalue weighted by molar-refractivity contribution is 5.92. The Bertz CT molecular complexity index is 571. The van der Waals surface area contributed by atoms with E-state index in [4.69, 9.17) is 0 Å². The summed E-state index contributed by atoms with van der Waals surface area (Å²) < 4.78 is 0. The van der Waals surface area contributed by atoms with Crippen molar-refractivity contribution in [1.82, 2.24) is 0 Å². The second kappa shape index (κ2) is 5.33. The monoisotopic (exact) mass is 312 g/mol. The maximum Gasteiger partial charge on any atom is 0.156 e. The van der Waals surface area contributed by atoms with Gasteiger partial charge >= 0.3 is 0 Å². The minimum Gasteiger partial charge on any atom is -0.295 e. The summed E-state index contributed by atoms with van der Waals surface area (Å²) in [6.07, 6.45) is 17.0. The van der Waals surface area contributed by atoms with Gasteiger partial charge in [0.1, 0.15) is 0 Å². The Balaban J connectivity index is 1.68. The average molecular weight is 312 g/mol. The van der Waals surface area contributed by atoms with Crippen LogP contribution in [-0.2, 0) is 4.79 Å². The third-order valence-electron chi connectivity index (χ3n) is 8.35. The topological polar surface area (TPSA) is 17.1 Å². The van der Waals surface area contributed by atoms with Crippen molar-refractivity contribution in [2.45, 2.75) is 72.1 Å². The van der Waals surface area contributed by atoms with Gasteiger partial charge in [0.2, 0.25) is 0 Å². The minimum atomic E-state index is 0.261. The summed E-state index contributed by atoms with van der Waals surface area (Å²) in [6.45, 7) is 7.40. The van der Waals surface area contributed by atoms with Gasteiger partial charge in [0.25, 0.3) is 0 Å². The molecule has 4 aliphatic carbocycles. The lowest BCUT2D eigenvalue weighted by molar-refractivity contribution is -0.116. The van der Waals surface area contributed by atoms with E-state index >= 15 is 0 Å². The van der Waals surface area contributed by atoms with E-state index in [1.54, 1.807) is 0 Å². The molecule has 1 nitrogen and oxygen atoms in total. The Labute approximate surface area is 141 Å². The summed E-state index contributed by atoms with van der Waals surface area (Å²) in [4.78, 5) is 11.9. The molecular weight excluding hydrogens is 280 g/mol. The molecule has 0 aliphatic heterocycles. The molecule has 0 radical (unpaired) electrons. The molecule has 0 saturated heterocycles. The van der Waals surface area contributed by atoms with Crippen molar-refractivity contribution in [3.05, 3.63) is 23.8 Å². The first-order valence-corrected chi connectivity index (χ1v) is 9.92. The van der Waals surface area contributed by atoms with Gasteiger partial charge in [-0.05, 0) is 78.3 Å². The third kappa shape index (κ3) is 2.14. The first kappa shape index (κ1) is 15.7. The van der Waals surface area contributed by atoms with Crippen LogP contribution in [-0.4, -0.2) is 5.78 Å². The van der Waals surface area contributed by atoms with Gasteiger partial charge in [0, 0.05) is 6.42 Å². The molecular formula is C22H32O. The molecule has 4 aliphatic rings. The van der Waals surface area contributed by atoms with Gasteiger partial charge in [-0.1, -0.05) is 45.8 Å². The number of carbonyl (C=O) groups is 1. The lowest BCUT2D eigenvalue weighted by Gasteiger charge is -2.56. The first-order chi connectivity index (χ1) is 11.0. The molecule has 0 heterocycles. The van der Waals surface area contributed by atoms with Gasteiger partial charge < -0.3 is 0 Å². The van der Waals surface area contributed by atoms with E-state index in [0.717, 1.165) is 36.5 Å². The van der Waals surface area contributed by atoms with Crippen molar-refractivity contribution >= 4 is 5.78 Å². The summed E-state index contributed by atoms with van der Waals surface area (Å²) in [5.41, 5.74) is 2.17. The average Bonchev–Trinajstić information content (AvgIpc) is 2.85. The normalized spacial score (nSPS) is 48.5. The Hall–Kier alpha value is -0.850. The van der Waals surface area contributed by atoms with Gasteiger partial charge in [0.15, 0.2) is 5.78 Å². The van der Waals surface area contributed by atoms with Crippen molar-refractivity contribution < 1.29 is 4.79 Å². The second-order valence-electron chi connectivity index (χ2n) is 9.24.